The van der Waals surface area contributed by atoms with Gasteiger partial charge in [-0.2, -0.15) is 13.2 Å². The number of pyridine rings is 1. The molecule has 3 N–H and O–H groups in total. The number of carbonyl (C=O) groups excluding carboxylic acids is 2. The summed E-state index contributed by atoms with van der Waals surface area (Å²) in [5, 5.41) is 11.1. The molecule has 0 bridgehead atoms. The second kappa shape index (κ2) is 9.39. The number of aliphatic hydroxyl groups is 1. The molecule has 1 aromatic heterocycles. The van der Waals surface area contributed by atoms with Crippen molar-refractivity contribution in [2.75, 3.05) is 0 Å². The van der Waals surface area contributed by atoms with Crippen LogP contribution in [0.4, 0.5) is 13.2 Å². The first-order valence-corrected chi connectivity index (χ1v) is 11.7. The van der Waals surface area contributed by atoms with E-state index in [1.165, 1.54) is 18.2 Å². The minimum Gasteiger partial charge on any atom is -0.426 e. The number of hydrogen-bond acceptors (Lipinski definition) is 6. The Morgan fingerprint density at radius 1 is 1.08 bits per heavy atom. The molecule has 2 aromatic carbocycles. The first-order valence-electron chi connectivity index (χ1n) is 11.7. The molecular weight excluding hydrogens is 485 g/mol. The Bertz CT molecular complexity index is 1360. The van der Waals surface area contributed by atoms with Crippen molar-refractivity contribution < 1.29 is 32.6 Å². The molecule has 4 rings (SSSR count). The smallest absolute Gasteiger partial charge is 0.422 e. The third-order valence-electron chi connectivity index (χ3n) is 6.47. The Morgan fingerprint density at radius 3 is 2.38 bits per heavy atom. The third-order valence-corrected chi connectivity index (χ3v) is 6.47. The number of alkyl halides is 3. The van der Waals surface area contributed by atoms with Crippen LogP contribution in [0.15, 0.2) is 54.6 Å². The van der Waals surface area contributed by atoms with Crippen molar-refractivity contribution in [2.24, 2.45) is 5.73 Å². The van der Waals surface area contributed by atoms with E-state index in [1.807, 2.05) is 6.92 Å². The number of benzene rings is 2. The van der Waals surface area contributed by atoms with Gasteiger partial charge in [-0.1, -0.05) is 42.0 Å². The van der Waals surface area contributed by atoms with Crippen molar-refractivity contribution in [1.82, 2.24) is 4.98 Å². The Labute approximate surface area is 212 Å². The highest BCUT2D eigenvalue weighted by Gasteiger charge is 2.56. The lowest BCUT2D eigenvalue weighted by Crippen LogP contribution is -2.44. The summed E-state index contributed by atoms with van der Waals surface area (Å²) in [7, 11) is 0. The number of carbonyl (C=O) groups is 2. The van der Waals surface area contributed by atoms with E-state index in [-0.39, 0.29) is 23.4 Å². The van der Waals surface area contributed by atoms with Crippen LogP contribution in [-0.4, -0.2) is 28.0 Å². The Kier molecular flexibility index (Phi) is 6.73. The van der Waals surface area contributed by atoms with Crippen LogP contribution in [0.3, 0.4) is 0 Å². The van der Waals surface area contributed by atoms with Crippen molar-refractivity contribution >= 4 is 11.8 Å². The fourth-order valence-corrected chi connectivity index (χ4v) is 4.12. The Morgan fingerprint density at radius 2 is 1.76 bits per heavy atom. The quantitative estimate of drug-likeness (QED) is 0.259. The number of nitrogens with two attached hydrogens (primary N) is 1. The highest BCUT2D eigenvalue weighted by molar-refractivity contribution is 5.97. The van der Waals surface area contributed by atoms with E-state index in [0.717, 1.165) is 11.6 Å². The van der Waals surface area contributed by atoms with Crippen molar-refractivity contribution in [3.05, 3.63) is 82.5 Å². The average Bonchev–Trinajstić information content (AvgIpc) is 3.20. The SMILES string of the molecule is Cc1ccc(-c2cc(C(C)(C)N)cc(C(O)(CCC(=O)c3ccc4c(c3)OC(=O)C4)C(F)(F)F)n2)cc1. The van der Waals surface area contributed by atoms with Gasteiger partial charge in [0.25, 0.3) is 0 Å². The summed E-state index contributed by atoms with van der Waals surface area (Å²) in [5.74, 6) is -0.893. The lowest BCUT2D eigenvalue weighted by molar-refractivity contribution is -0.270. The van der Waals surface area contributed by atoms with Crippen LogP contribution in [0.25, 0.3) is 11.3 Å². The van der Waals surface area contributed by atoms with E-state index in [4.69, 9.17) is 10.5 Å². The van der Waals surface area contributed by atoms with Gasteiger partial charge in [0.1, 0.15) is 5.75 Å². The van der Waals surface area contributed by atoms with Gasteiger partial charge < -0.3 is 15.6 Å². The first kappa shape index (κ1) is 26.5. The van der Waals surface area contributed by atoms with Gasteiger partial charge >= 0.3 is 12.1 Å². The predicted molar refractivity (Wildman–Crippen MR) is 131 cm³/mol. The number of ether oxygens (including phenoxy) is 1. The second-order valence-corrected chi connectivity index (χ2v) is 9.97. The molecule has 1 atom stereocenters. The van der Waals surface area contributed by atoms with E-state index in [0.29, 0.717) is 16.7 Å². The van der Waals surface area contributed by atoms with Crippen molar-refractivity contribution in [3.63, 3.8) is 0 Å². The molecule has 1 aliphatic rings. The number of ketones is 1. The number of halogens is 3. The molecule has 0 spiro atoms. The Balaban J connectivity index is 1.71. The summed E-state index contributed by atoms with van der Waals surface area (Å²) >= 11 is 0. The molecule has 0 fully saturated rings. The van der Waals surface area contributed by atoms with Crippen molar-refractivity contribution in [2.45, 2.75) is 57.3 Å². The van der Waals surface area contributed by atoms with Crippen LogP contribution >= 0.6 is 0 Å². The van der Waals surface area contributed by atoms with Gasteiger partial charge in [0.2, 0.25) is 5.60 Å². The van der Waals surface area contributed by atoms with Gasteiger partial charge in [-0.3, -0.25) is 9.59 Å². The van der Waals surface area contributed by atoms with Gasteiger partial charge in [0.05, 0.1) is 17.8 Å². The van der Waals surface area contributed by atoms with E-state index < -0.39 is 47.6 Å². The number of aryl methyl sites for hydroxylation is 1. The molecule has 1 aliphatic heterocycles. The van der Waals surface area contributed by atoms with E-state index in [2.05, 4.69) is 4.98 Å². The number of aromatic nitrogens is 1. The lowest BCUT2D eigenvalue weighted by Gasteiger charge is -2.32. The molecule has 1 unspecified atom stereocenters. The van der Waals surface area contributed by atoms with Crippen molar-refractivity contribution in [3.8, 4) is 17.0 Å². The standard InChI is InChI=1S/C28H27F3N2O4/c1-16-4-6-17(7-5-16)21-14-20(26(2,3)32)15-24(33-21)27(36,28(29,30)31)11-10-22(34)18-8-9-19-13-25(35)37-23(19)12-18/h4-9,12,14-15,36H,10-11,13,32H2,1-3H3. The van der Waals surface area contributed by atoms with Crippen molar-refractivity contribution in [1.29, 1.82) is 0 Å². The molecule has 3 aromatic rings. The Hall–Kier alpha value is -3.56. The van der Waals surface area contributed by atoms with Crippen LogP contribution in [0, 0.1) is 6.92 Å². The number of rotatable bonds is 7. The summed E-state index contributed by atoms with van der Waals surface area (Å²) in [5.41, 5.74) is 3.93. The topological polar surface area (TPSA) is 103 Å². The number of nitrogens with zero attached hydrogens (tertiary/aromatic N) is 1. The van der Waals surface area contributed by atoms with E-state index >= 15 is 0 Å². The highest BCUT2D eigenvalue weighted by atomic mass is 19.4. The summed E-state index contributed by atoms with van der Waals surface area (Å²) in [4.78, 5) is 28.5. The van der Waals surface area contributed by atoms with Crippen LogP contribution in [-0.2, 0) is 22.4 Å². The molecule has 37 heavy (non-hydrogen) atoms. The van der Waals surface area contributed by atoms with Gasteiger partial charge in [0, 0.05) is 28.7 Å². The van der Waals surface area contributed by atoms with Gasteiger partial charge in [-0.15, -0.1) is 0 Å². The lowest BCUT2D eigenvalue weighted by atomic mass is 9.86. The van der Waals surface area contributed by atoms with Crippen LogP contribution in [0.1, 0.15) is 59.4 Å². The summed E-state index contributed by atoms with van der Waals surface area (Å²) in [6.45, 7) is 5.16. The molecule has 0 amide bonds. The minimum atomic E-state index is -5.13. The summed E-state index contributed by atoms with van der Waals surface area (Å²) in [6.07, 6.45) is -6.64. The number of esters is 1. The molecule has 0 saturated carbocycles. The van der Waals surface area contributed by atoms with Crippen LogP contribution in [0.5, 0.6) is 5.75 Å². The molecule has 0 aliphatic carbocycles. The second-order valence-electron chi connectivity index (χ2n) is 9.97. The monoisotopic (exact) mass is 512 g/mol. The number of fused-ring (bicyclic) bond motifs is 1. The normalized spacial score (nSPS) is 15.2. The molecule has 6 nitrogen and oxygen atoms in total. The zero-order valence-corrected chi connectivity index (χ0v) is 20.6. The molecule has 0 radical (unpaired) electrons. The molecule has 194 valence electrons. The maximum atomic E-state index is 14.4. The highest BCUT2D eigenvalue weighted by Crippen LogP contribution is 2.43. The van der Waals surface area contributed by atoms with Gasteiger partial charge in [-0.25, -0.2) is 4.98 Å². The zero-order chi connectivity index (χ0) is 27.2. The fourth-order valence-electron chi connectivity index (χ4n) is 4.12. The maximum absolute atomic E-state index is 14.4. The first-order chi connectivity index (χ1) is 17.2. The summed E-state index contributed by atoms with van der Waals surface area (Å²) in [6, 6.07) is 14.1. The fraction of sp³-hybridized carbons (Fsp3) is 0.321. The summed E-state index contributed by atoms with van der Waals surface area (Å²) < 4.78 is 48.2. The van der Waals surface area contributed by atoms with E-state index in [9.17, 15) is 27.9 Å². The molecule has 9 heteroatoms. The van der Waals surface area contributed by atoms with E-state index in [1.54, 1.807) is 44.2 Å². The number of Topliss-reactive ketones (excluding diaryl/α,β-unsaturated/α-hetero) is 1. The minimum absolute atomic E-state index is 0.0699. The zero-order valence-electron chi connectivity index (χ0n) is 20.6. The van der Waals surface area contributed by atoms with Crippen LogP contribution in [0.2, 0.25) is 0 Å². The molecular formula is C28H27F3N2O4. The third kappa shape index (κ3) is 5.42. The molecule has 0 saturated heterocycles. The van der Waals surface area contributed by atoms with Gasteiger partial charge in [-0.05, 0) is 51.0 Å². The largest absolute Gasteiger partial charge is 0.426 e. The molecule has 2 heterocycles. The number of hydrogen-bond donors (Lipinski definition) is 2. The average molecular weight is 513 g/mol. The van der Waals surface area contributed by atoms with Gasteiger partial charge in [0.15, 0.2) is 5.78 Å². The maximum Gasteiger partial charge on any atom is 0.422 e. The van der Waals surface area contributed by atoms with Crippen LogP contribution < -0.4 is 10.5 Å². The predicted octanol–water partition coefficient (Wildman–Crippen LogP) is 5.13.